The van der Waals surface area contributed by atoms with Crippen molar-refractivity contribution in [1.82, 2.24) is 18.6 Å². The van der Waals surface area contributed by atoms with Crippen LogP contribution in [0, 0.1) is 5.82 Å². The Kier molecular flexibility index (Phi) is 4.86. The van der Waals surface area contributed by atoms with Crippen LogP contribution in [0.1, 0.15) is 18.7 Å². The van der Waals surface area contributed by atoms with E-state index in [0.717, 1.165) is 12.8 Å². The average molecular weight is 356 g/mol. The maximum absolute atomic E-state index is 13.2. The fourth-order valence-electron chi connectivity index (χ4n) is 3.05. The van der Waals surface area contributed by atoms with Gasteiger partial charge in [-0.05, 0) is 31.0 Å². The van der Waals surface area contributed by atoms with Crippen LogP contribution in [0.5, 0.6) is 0 Å². The summed E-state index contributed by atoms with van der Waals surface area (Å²) in [4.78, 5) is 7.28. The molecule has 0 saturated carbocycles. The monoisotopic (exact) mass is 356 g/mol. The molecule has 9 heteroatoms. The molecule has 1 aliphatic rings. The number of aromatic amines is 1. The first-order valence-electron chi connectivity index (χ1n) is 7.78. The maximum atomic E-state index is 13.2. The molecule has 0 spiro atoms. The van der Waals surface area contributed by atoms with Gasteiger partial charge in [-0.3, -0.25) is 0 Å². The molecule has 24 heavy (non-hydrogen) atoms. The Morgan fingerprint density at radius 2 is 2.29 bits per heavy atom. The van der Waals surface area contributed by atoms with Crippen LogP contribution in [-0.2, 0) is 21.5 Å². The largest absolute Gasteiger partial charge is 0.383 e. The third kappa shape index (κ3) is 3.30. The summed E-state index contributed by atoms with van der Waals surface area (Å²) < 4.78 is 46.7. The lowest BCUT2D eigenvalue weighted by Gasteiger charge is -2.28. The molecule has 1 saturated heterocycles. The molecule has 2 aromatic rings. The number of fused-ring (bicyclic) bond motifs is 1. The summed E-state index contributed by atoms with van der Waals surface area (Å²) in [7, 11) is -0.512. The Hall–Kier alpha value is -1.55. The summed E-state index contributed by atoms with van der Waals surface area (Å²) in [5.74, 6) is 0.113. The number of nitrogens with one attached hydrogen (secondary N) is 1. The van der Waals surface area contributed by atoms with Crippen LogP contribution in [-0.4, -0.2) is 60.3 Å². The fourth-order valence-corrected chi connectivity index (χ4v) is 4.60. The van der Waals surface area contributed by atoms with E-state index in [2.05, 4.69) is 9.97 Å². The molecule has 1 N–H and O–H groups in total. The lowest BCUT2D eigenvalue weighted by Crippen LogP contribution is -2.45. The summed E-state index contributed by atoms with van der Waals surface area (Å²) in [6.07, 6.45) is 1.62. The van der Waals surface area contributed by atoms with Gasteiger partial charge in [-0.1, -0.05) is 0 Å². The van der Waals surface area contributed by atoms with E-state index in [0.29, 0.717) is 30.0 Å². The van der Waals surface area contributed by atoms with Crippen LogP contribution >= 0.6 is 0 Å². The standard InChI is InChI=1S/C15H21FN4O3S/c1-19(24(21,22)20-7-3-4-12(20)10-23-2)9-15-17-13-6-5-11(16)8-14(13)18-15/h5-6,8,12H,3-4,7,9-10H2,1-2H3,(H,17,18). The lowest BCUT2D eigenvalue weighted by molar-refractivity contribution is 0.146. The van der Waals surface area contributed by atoms with Crippen molar-refractivity contribution < 1.29 is 17.5 Å². The van der Waals surface area contributed by atoms with E-state index in [1.165, 1.54) is 27.8 Å². The first kappa shape index (κ1) is 17.3. The number of H-pyrrole nitrogens is 1. The van der Waals surface area contributed by atoms with Crippen molar-refractivity contribution in [2.45, 2.75) is 25.4 Å². The van der Waals surface area contributed by atoms with Gasteiger partial charge in [-0.15, -0.1) is 0 Å². The Morgan fingerprint density at radius 3 is 3.04 bits per heavy atom. The Balaban J connectivity index is 1.78. The molecule has 1 aromatic carbocycles. The van der Waals surface area contributed by atoms with Crippen LogP contribution in [0.3, 0.4) is 0 Å². The van der Waals surface area contributed by atoms with Crippen molar-refractivity contribution in [3.8, 4) is 0 Å². The van der Waals surface area contributed by atoms with E-state index < -0.39 is 10.2 Å². The number of benzene rings is 1. The molecule has 2 heterocycles. The molecule has 0 radical (unpaired) electrons. The van der Waals surface area contributed by atoms with E-state index in [9.17, 15) is 12.8 Å². The SMILES string of the molecule is COCC1CCCN1S(=O)(=O)N(C)Cc1nc2ccc(F)cc2[nH]1. The van der Waals surface area contributed by atoms with Gasteiger partial charge in [0.1, 0.15) is 11.6 Å². The number of imidazole rings is 1. The topological polar surface area (TPSA) is 78.5 Å². The molecule has 7 nitrogen and oxygen atoms in total. The minimum atomic E-state index is -3.60. The molecule has 1 fully saturated rings. The molecule has 1 aromatic heterocycles. The van der Waals surface area contributed by atoms with Crippen molar-refractivity contribution >= 4 is 21.2 Å². The van der Waals surface area contributed by atoms with E-state index in [-0.39, 0.29) is 18.4 Å². The second-order valence-electron chi connectivity index (χ2n) is 5.97. The highest BCUT2D eigenvalue weighted by Crippen LogP contribution is 2.24. The van der Waals surface area contributed by atoms with Gasteiger partial charge in [0.2, 0.25) is 0 Å². The molecule has 0 bridgehead atoms. The van der Waals surface area contributed by atoms with Crippen LogP contribution in [0.2, 0.25) is 0 Å². The number of aromatic nitrogens is 2. The Labute approximate surface area is 140 Å². The zero-order chi connectivity index (χ0) is 17.3. The molecule has 1 aliphatic heterocycles. The fraction of sp³-hybridized carbons (Fsp3) is 0.533. The van der Waals surface area contributed by atoms with Crippen LogP contribution in [0.4, 0.5) is 4.39 Å². The van der Waals surface area contributed by atoms with Crippen molar-refractivity contribution in [3.63, 3.8) is 0 Å². The zero-order valence-corrected chi connectivity index (χ0v) is 14.5. The molecule has 0 aliphatic carbocycles. The predicted octanol–water partition coefficient (Wildman–Crippen LogP) is 1.49. The smallest absolute Gasteiger partial charge is 0.282 e. The summed E-state index contributed by atoms with van der Waals surface area (Å²) in [5, 5.41) is 0. The van der Waals surface area contributed by atoms with Crippen LogP contribution < -0.4 is 0 Å². The van der Waals surface area contributed by atoms with E-state index in [4.69, 9.17) is 4.74 Å². The van der Waals surface area contributed by atoms with Crippen LogP contribution in [0.25, 0.3) is 11.0 Å². The van der Waals surface area contributed by atoms with E-state index in [1.54, 1.807) is 13.2 Å². The van der Waals surface area contributed by atoms with Crippen molar-refractivity contribution in [1.29, 1.82) is 0 Å². The number of rotatable bonds is 6. The van der Waals surface area contributed by atoms with Gasteiger partial charge in [-0.2, -0.15) is 17.0 Å². The third-order valence-electron chi connectivity index (χ3n) is 4.24. The normalized spacial score (nSPS) is 19.6. The number of halogens is 1. The van der Waals surface area contributed by atoms with Gasteiger partial charge < -0.3 is 9.72 Å². The summed E-state index contributed by atoms with van der Waals surface area (Å²) in [6.45, 7) is 0.970. The van der Waals surface area contributed by atoms with Crippen molar-refractivity contribution in [2.75, 3.05) is 27.3 Å². The van der Waals surface area contributed by atoms with Crippen molar-refractivity contribution in [2.24, 2.45) is 0 Å². The van der Waals surface area contributed by atoms with Gasteiger partial charge >= 0.3 is 0 Å². The van der Waals surface area contributed by atoms with Gasteiger partial charge in [0.25, 0.3) is 10.2 Å². The zero-order valence-electron chi connectivity index (χ0n) is 13.7. The molecular weight excluding hydrogens is 335 g/mol. The quantitative estimate of drug-likeness (QED) is 0.851. The molecule has 1 unspecified atom stereocenters. The second-order valence-corrected chi connectivity index (χ2v) is 7.96. The Bertz CT molecular complexity index is 823. The highest BCUT2D eigenvalue weighted by Gasteiger charge is 2.36. The van der Waals surface area contributed by atoms with E-state index >= 15 is 0 Å². The third-order valence-corrected chi connectivity index (χ3v) is 6.23. The Morgan fingerprint density at radius 1 is 1.50 bits per heavy atom. The number of hydrogen-bond donors (Lipinski definition) is 1. The number of ether oxygens (including phenoxy) is 1. The molecule has 3 rings (SSSR count). The average Bonchev–Trinajstić information content (AvgIpc) is 3.13. The number of methoxy groups -OCH3 is 1. The van der Waals surface area contributed by atoms with E-state index in [1.807, 2.05) is 0 Å². The van der Waals surface area contributed by atoms with Gasteiger partial charge in [0, 0.05) is 26.7 Å². The highest BCUT2D eigenvalue weighted by molar-refractivity contribution is 7.86. The number of nitrogens with zero attached hydrogens (tertiary/aromatic N) is 3. The summed E-state index contributed by atoms with van der Waals surface area (Å²) in [6, 6.07) is 4.10. The van der Waals surface area contributed by atoms with Crippen LogP contribution in [0.15, 0.2) is 18.2 Å². The molecular formula is C15H21FN4O3S. The predicted molar refractivity (Wildman–Crippen MR) is 88.0 cm³/mol. The molecule has 1 atom stereocenters. The van der Waals surface area contributed by atoms with Crippen molar-refractivity contribution in [3.05, 3.63) is 29.8 Å². The lowest BCUT2D eigenvalue weighted by atomic mass is 10.2. The number of hydrogen-bond acceptors (Lipinski definition) is 4. The van der Waals surface area contributed by atoms with Gasteiger partial charge in [-0.25, -0.2) is 9.37 Å². The first-order valence-corrected chi connectivity index (χ1v) is 9.17. The molecule has 0 amide bonds. The van der Waals surface area contributed by atoms with Gasteiger partial charge in [0.15, 0.2) is 0 Å². The minimum Gasteiger partial charge on any atom is -0.383 e. The summed E-state index contributed by atoms with van der Waals surface area (Å²) >= 11 is 0. The second kappa shape index (κ2) is 6.75. The van der Waals surface area contributed by atoms with Gasteiger partial charge in [0.05, 0.1) is 24.2 Å². The molecule has 132 valence electrons. The highest BCUT2D eigenvalue weighted by atomic mass is 32.2. The minimum absolute atomic E-state index is 0.0921. The summed E-state index contributed by atoms with van der Waals surface area (Å²) in [5.41, 5.74) is 1.16. The maximum Gasteiger partial charge on any atom is 0.282 e. The first-order chi connectivity index (χ1) is 11.4.